The van der Waals surface area contributed by atoms with Crippen molar-refractivity contribution in [3.8, 4) is 11.6 Å². The molecule has 0 spiro atoms. The minimum atomic E-state index is -4.44. The predicted octanol–water partition coefficient (Wildman–Crippen LogP) is 5.66. The van der Waals surface area contributed by atoms with Gasteiger partial charge in [-0.15, -0.1) is 0 Å². The highest BCUT2D eigenvalue weighted by atomic mass is 32.2. The van der Waals surface area contributed by atoms with Gasteiger partial charge in [-0.05, 0) is 83.1 Å². The number of alkyl carbamates (subject to hydrolysis) is 1. The van der Waals surface area contributed by atoms with E-state index in [9.17, 15) is 36.0 Å². The Bertz CT molecular complexity index is 2200. The van der Waals surface area contributed by atoms with Crippen LogP contribution in [0.25, 0.3) is 10.8 Å². The number of pyridine rings is 1. The third-order valence-electron chi connectivity index (χ3n) is 13.3. The summed E-state index contributed by atoms with van der Waals surface area (Å²) < 4.78 is 87.6. The molecule has 1 saturated heterocycles. The van der Waals surface area contributed by atoms with Crippen molar-refractivity contribution >= 4 is 44.6 Å². The largest absolute Gasteiger partial charge is 0.491 e. The molecule has 61 heavy (non-hydrogen) atoms. The van der Waals surface area contributed by atoms with Gasteiger partial charge in [0, 0.05) is 30.0 Å². The molecule has 2 aliphatic carbocycles. The zero-order valence-electron chi connectivity index (χ0n) is 35.2. The number of nitrogens with zero attached hydrogens (tertiary/aromatic N) is 2. The molecule has 334 valence electrons. The van der Waals surface area contributed by atoms with Crippen LogP contribution in [0.3, 0.4) is 0 Å². The first-order chi connectivity index (χ1) is 28.7. The average Bonchev–Trinajstić information content (AvgIpc) is 4.11. The zero-order valence-corrected chi connectivity index (χ0v) is 36.0. The number of ether oxygens (including phenoxy) is 3. The molecule has 0 radical (unpaired) electrons. The van der Waals surface area contributed by atoms with Crippen LogP contribution in [0.15, 0.2) is 36.4 Å². The van der Waals surface area contributed by atoms with Crippen molar-refractivity contribution < 1.29 is 55.0 Å². The maximum atomic E-state index is 15.1. The van der Waals surface area contributed by atoms with Crippen LogP contribution in [-0.4, -0.2) is 102 Å². The van der Waals surface area contributed by atoms with Gasteiger partial charge in [-0.3, -0.25) is 19.1 Å². The molecule has 18 heteroatoms. The molecule has 4 amide bonds. The predicted molar refractivity (Wildman–Crippen MR) is 218 cm³/mol. The van der Waals surface area contributed by atoms with Gasteiger partial charge >= 0.3 is 6.09 Å². The Balaban J connectivity index is 1.25. The summed E-state index contributed by atoms with van der Waals surface area (Å²) in [6, 6.07) is 4.77. The number of amides is 4. The van der Waals surface area contributed by atoms with Crippen LogP contribution in [0.1, 0.15) is 98.1 Å². The third-order valence-corrected chi connectivity index (χ3v) is 15.4. The van der Waals surface area contributed by atoms with Crippen LogP contribution in [0.4, 0.5) is 18.0 Å². The van der Waals surface area contributed by atoms with E-state index in [1.165, 1.54) is 4.90 Å². The van der Waals surface area contributed by atoms with Crippen LogP contribution >= 0.6 is 0 Å². The second-order valence-corrected chi connectivity index (χ2v) is 20.2. The summed E-state index contributed by atoms with van der Waals surface area (Å²) in [5, 5.41) is 6.82. The van der Waals surface area contributed by atoms with Crippen LogP contribution in [0.5, 0.6) is 11.6 Å². The van der Waals surface area contributed by atoms with Gasteiger partial charge in [-0.1, -0.05) is 50.6 Å². The molecule has 1 aromatic carbocycles. The number of hydrogen-bond acceptors (Lipinski definition) is 10. The molecule has 3 N–H and O–H groups in total. The minimum Gasteiger partial charge on any atom is -0.491 e. The van der Waals surface area contributed by atoms with Gasteiger partial charge in [0.05, 0.1) is 18.8 Å². The van der Waals surface area contributed by atoms with Crippen molar-refractivity contribution in [3.63, 3.8) is 0 Å². The first kappa shape index (κ1) is 44.4. The molecule has 4 heterocycles. The Hall–Kier alpha value is -4.61. The van der Waals surface area contributed by atoms with Gasteiger partial charge < -0.3 is 29.7 Å². The van der Waals surface area contributed by atoms with E-state index < -0.39 is 92.3 Å². The molecule has 7 rings (SSSR count). The van der Waals surface area contributed by atoms with Crippen molar-refractivity contribution in [1.29, 1.82) is 0 Å². The summed E-state index contributed by atoms with van der Waals surface area (Å²) in [6.07, 6.45) is 4.99. The highest BCUT2D eigenvalue weighted by molar-refractivity contribution is 7.91. The van der Waals surface area contributed by atoms with Gasteiger partial charge in [-0.25, -0.2) is 31.4 Å². The summed E-state index contributed by atoms with van der Waals surface area (Å²) in [7, 11) is -4.44. The summed E-state index contributed by atoms with van der Waals surface area (Å²) in [5.74, 6) is -6.13. The molecule has 7 atom stereocenters. The maximum Gasteiger partial charge on any atom is 0.408 e. The Labute approximate surface area is 354 Å². The van der Waals surface area contributed by atoms with Gasteiger partial charge in [0.2, 0.25) is 27.7 Å². The topological polar surface area (TPSA) is 182 Å². The average molecular weight is 876 g/mol. The maximum absolute atomic E-state index is 15.1. The number of aromatic nitrogens is 1. The summed E-state index contributed by atoms with van der Waals surface area (Å²) in [5.41, 5.74) is -3.27. The number of aryl methyl sites for hydroxylation is 1. The lowest BCUT2D eigenvalue weighted by molar-refractivity contribution is -0.152. The number of benzene rings is 1. The summed E-state index contributed by atoms with van der Waals surface area (Å²) in [6.45, 7) is 5.78. The van der Waals surface area contributed by atoms with Crippen molar-refractivity contribution in [3.05, 3.63) is 42.1 Å². The monoisotopic (exact) mass is 875 g/mol. The summed E-state index contributed by atoms with van der Waals surface area (Å²) in [4.78, 5) is 63.3. The van der Waals surface area contributed by atoms with Crippen molar-refractivity contribution in [2.24, 2.45) is 17.8 Å². The molecule has 0 bridgehead atoms. The molecule has 5 aliphatic rings. The molecular formula is C43H56F3N5O9S. The quantitative estimate of drug-likeness (QED) is 0.252. The number of halogens is 3. The number of carbonyl (C=O) groups excluding carboxylic acids is 4. The lowest BCUT2D eigenvalue weighted by Crippen LogP contribution is -2.60. The third kappa shape index (κ3) is 8.74. The highest BCUT2D eigenvalue weighted by Gasteiger charge is 2.64. The number of alkyl halides is 3. The number of sulfonamides is 1. The lowest BCUT2D eigenvalue weighted by Gasteiger charge is -2.35. The minimum absolute atomic E-state index is 0.00495. The van der Waals surface area contributed by atoms with Crippen LogP contribution in [-0.2, 0) is 35.6 Å². The molecule has 2 unspecified atom stereocenters. The first-order valence-corrected chi connectivity index (χ1v) is 22.7. The summed E-state index contributed by atoms with van der Waals surface area (Å²) >= 11 is 0. The molecular weight excluding hydrogens is 820 g/mol. The Morgan fingerprint density at radius 1 is 1.11 bits per heavy atom. The van der Waals surface area contributed by atoms with Crippen LogP contribution in [0, 0.1) is 17.8 Å². The van der Waals surface area contributed by atoms with E-state index in [2.05, 4.69) is 15.4 Å². The van der Waals surface area contributed by atoms with E-state index in [4.69, 9.17) is 19.2 Å². The number of fused-ring (bicyclic) bond motifs is 5. The smallest absolute Gasteiger partial charge is 0.408 e. The van der Waals surface area contributed by atoms with Crippen LogP contribution in [0.2, 0.25) is 0 Å². The van der Waals surface area contributed by atoms with E-state index in [1.54, 1.807) is 6.08 Å². The fourth-order valence-electron chi connectivity index (χ4n) is 8.70. The van der Waals surface area contributed by atoms with Gasteiger partial charge in [-0.2, -0.15) is 0 Å². The number of carbonyl (C=O) groups is 4. The van der Waals surface area contributed by atoms with Gasteiger partial charge in [0.25, 0.3) is 11.8 Å². The lowest BCUT2D eigenvalue weighted by atomic mass is 9.85. The number of hydrogen-bond donors (Lipinski definition) is 3. The number of nitrogens with one attached hydrogen (secondary N) is 3. The Morgan fingerprint density at radius 2 is 1.84 bits per heavy atom. The molecule has 14 nitrogen and oxygen atoms in total. The van der Waals surface area contributed by atoms with E-state index in [0.29, 0.717) is 62.5 Å². The molecule has 2 saturated carbocycles. The van der Waals surface area contributed by atoms with E-state index in [1.807, 2.05) is 44.2 Å². The SMILES string of the molecule is CC[C@@H]1C[C@H](C)CC/C=C\C2C[C@@]2(C(=O)NS(=O)(=O)C2(CF)CC2)NC(=O)[C@@H]2C[C@@H](Oc3nc4c(c5ccccc35)OCCC4)CN2C(=O)C1NC(=O)OC(C)(C)C(C)(F)F. The number of allylic oxidation sites excluding steroid dienone is 1. The molecule has 1 aromatic heterocycles. The zero-order chi connectivity index (χ0) is 44.1. The standard InChI is InChI=1S/C43H56F3N5O9S/c1-6-26-20-25(2)12-7-8-13-27-22-43(27,38(54)50-61(56,57)42(24-44)17-18-42)49-35(52)32-21-28(23-51(32)37(53)33(26)48-39(55)60-40(3,4)41(5,45)46)59-36-30-15-10-9-14-29(30)34-31(47-36)16-11-19-58-34/h8-10,13-15,25-28,32-33H,6-7,11-12,16-24H2,1-5H3,(H,48,55)(H,49,52)(H,50,54)/b13-8-/t25-,26-,27?,28-,32+,33?,43-/m1/s1. The first-order valence-electron chi connectivity index (χ1n) is 21.2. The van der Waals surface area contributed by atoms with Gasteiger partial charge in [0.1, 0.15) is 40.9 Å². The van der Waals surface area contributed by atoms with E-state index >= 15 is 4.79 Å². The molecule has 3 fully saturated rings. The Kier molecular flexibility index (Phi) is 12.1. The molecule has 2 aromatic rings. The fraction of sp³-hybridized carbons (Fsp3) is 0.651. The van der Waals surface area contributed by atoms with Crippen LogP contribution < -0.4 is 24.8 Å². The van der Waals surface area contributed by atoms with Crippen molar-refractivity contribution in [2.75, 3.05) is 19.8 Å². The fourth-order valence-corrected chi connectivity index (χ4v) is 10.1. The number of rotatable bonds is 10. The van der Waals surface area contributed by atoms with E-state index in [0.717, 1.165) is 25.7 Å². The normalized spacial score (nSPS) is 29.6. The van der Waals surface area contributed by atoms with E-state index in [-0.39, 0.29) is 44.0 Å². The van der Waals surface area contributed by atoms with Crippen molar-refractivity contribution in [1.82, 2.24) is 25.2 Å². The highest BCUT2D eigenvalue weighted by Crippen LogP contribution is 2.48. The molecule has 3 aliphatic heterocycles. The second-order valence-electron chi connectivity index (χ2n) is 18.1. The second kappa shape index (κ2) is 16.6. The van der Waals surface area contributed by atoms with Crippen molar-refractivity contribution in [2.45, 2.75) is 139 Å². The Morgan fingerprint density at radius 3 is 2.51 bits per heavy atom. The van der Waals surface area contributed by atoms with Gasteiger partial charge in [0.15, 0.2) is 5.60 Å².